The Morgan fingerprint density at radius 1 is 1.24 bits per heavy atom. The first-order valence-electron chi connectivity index (χ1n) is 6.45. The fourth-order valence-corrected chi connectivity index (χ4v) is 3.03. The van der Waals surface area contributed by atoms with Crippen LogP contribution < -0.4 is 15.4 Å². The number of nitrogens with zero attached hydrogens (tertiary/aromatic N) is 2. The van der Waals surface area contributed by atoms with E-state index in [1.54, 1.807) is 0 Å². The van der Waals surface area contributed by atoms with Crippen LogP contribution in [-0.4, -0.2) is 24.1 Å². The first-order chi connectivity index (χ1) is 8.33. The zero-order valence-electron chi connectivity index (χ0n) is 10.4. The number of aromatic nitrogens is 1. The molecule has 0 unspecified atom stereocenters. The highest BCUT2D eigenvalue weighted by Crippen LogP contribution is 2.38. The van der Waals surface area contributed by atoms with Crippen molar-refractivity contribution in [2.45, 2.75) is 39.0 Å². The van der Waals surface area contributed by atoms with Crippen LogP contribution in [0.3, 0.4) is 0 Å². The van der Waals surface area contributed by atoms with Crippen LogP contribution in [0.1, 0.15) is 39.0 Å². The summed E-state index contributed by atoms with van der Waals surface area (Å²) in [6.07, 6.45) is 6.53. The minimum Gasteiger partial charge on any atom is -0.487 e. The van der Waals surface area contributed by atoms with Crippen molar-refractivity contribution in [1.29, 1.82) is 0 Å². The average molecular weight is 255 g/mol. The lowest BCUT2D eigenvalue weighted by Crippen LogP contribution is -2.26. The molecule has 0 aliphatic carbocycles. The maximum absolute atomic E-state index is 5.85. The number of nitrogens with two attached hydrogens (primary N) is 1. The Hall–Kier alpha value is -0.970. The fraction of sp³-hybridized carbons (Fsp3) is 0.750. The van der Waals surface area contributed by atoms with Crippen molar-refractivity contribution in [3.8, 4) is 5.75 Å². The van der Waals surface area contributed by atoms with Crippen LogP contribution in [0.4, 0.5) is 10.8 Å². The molecular weight excluding hydrogens is 234 g/mol. The molecule has 0 spiro atoms. The van der Waals surface area contributed by atoms with Gasteiger partial charge >= 0.3 is 0 Å². The second-order valence-electron chi connectivity index (χ2n) is 4.39. The maximum atomic E-state index is 5.85. The van der Waals surface area contributed by atoms with Crippen LogP contribution in [0, 0.1) is 0 Å². The summed E-state index contributed by atoms with van der Waals surface area (Å²) in [6, 6.07) is 0. The predicted molar refractivity (Wildman–Crippen MR) is 73.0 cm³/mol. The zero-order valence-corrected chi connectivity index (χ0v) is 11.3. The van der Waals surface area contributed by atoms with Gasteiger partial charge in [-0.3, -0.25) is 0 Å². The number of ether oxygens (including phenoxy) is 1. The normalized spacial score (nSPS) is 17.6. The smallest absolute Gasteiger partial charge is 0.197 e. The second-order valence-corrected chi connectivity index (χ2v) is 5.14. The van der Waals surface area contributed by atoms with E-state index in [1.165, 1.54) is 43.6 Å². The van der Waals surface area contributed by atoms with Gasteiger partial charge in [-0.05, 0) is 31.3 Å². The van der Waals surface area contributed by atoms with Crippen LogP contribution >= 0.6 is 11.5 Å². The quantitative estimate of drug-likeness (QED) is 0.902. The summed E-state index contributed by atoms with van der Waals surface area (Å²) in [5.41, 5.74) is 5.85. The number of hydrogen-bond acceptors (Lipinski definition) is 5. The van der Waals surface area contributed by atoms with E-state index in [0.717, 1.165) is 23.8 Å². The molecule has 0 amide bonds. The Kier molecular flexibility index (Phi) is 4.48. The van der Waals surface area contributed by atoms with Gasteiger partial charge in [0.1, 0.15) is 0 Å². The van der Waals surface area contributed by atoms with Crippen molar-refractivity contribution >= 4 is 22.4 Å². The molecule has 0 saturated carbocycles. The molecule has 2 heterocycles. The largest absolute Gasteiger partial charge is 0.487 e. The van der Waals surface area contributed by atoms with Gasteiger partial charge < -0.3 is 15.4 Å². The van der Waals surface area contributed by atoms with Gasteiger partial charge in [-0.2, -0.15) is 4.37 Å². The van der Waals surface area contributed by atoms with E-state index in [-0.39, 0.29) is 0 Å². The van der Waals surface area contributed by atoms with Gasteiger partial charge in [0.05, 0.1) is 6.61 Å². The Morgan fingerprint density at radius 2 is 1.88 bits per heavy atom. The molecule has 96 valence electrons. The number of nitrogen functional groups attached to an aromatic ring is 1. The van der Waals surface area contributed by atoms with Gasteiger partial charge in [0.15, 0.2) is 16.6 Å². The SMILES string of the molecule is CCOc1c(N)nsc1N1CCCCCCC1. The Bertz CT molecular complexity index is 346. The molecule has 2 N–H and O–H groups in total. The summed E-state index contributed by atoms with van der Waals surface area (Å²) in [5.74, 6) is 1.33. The van der Waals surface area contributed by atoms with Crippen molar-refractivity contribution in [2.75, 3.05) is 30.3 Å². The van der Waals surface area contributed by atoms with Crippen LogP contribution in [0.2, 0.25) is 0 Å². The maximum Gasteiger partial charge on any atom is 0.197 e. The van der Waals surface area contributed by atoms with E-state index in [1.807, 2.05) is 6.92 Å². The molecule has 4 nitrogen and oxygen atoms in total. The fourth-order valence-electron chi connectivity index (χ4n) is 2.22. The first kappa shape index (κ1) is 12.5. The van der Waals surface area contributed by atoms with Crippen molar-refractivity contribution < 1.29 is 4.74 Å². The second kappa shape index (κ2) is 6.10. The molecular formula is C12H21N3OS. The molecule has 1 aliphatic rings. The van der Waals surface area contributed by atoms with Crippen molar-refractivity contribution in [3.63, 3.8) is 0 Å². The molecule has 0 radical (unpaired) electrons. The van der Waals surface area contributed by atoms with Crippen molar-refractivity contribution in [2.24, 2.45) is 0 Å². The third-order valence-electron chi connectivity index (χ3n) is 3.09. The van der Waals surface area contributed by atoms with Gasteiger partial charge in [-0.1, -0.05) is 19.3 Å². The molecule has 2 rings (SSSR count). The van der Waals surface area contributed by atoms with Crippen LogP contribution in [-0.2, 0) is 0 Å². The number of rotatable bonds is 3. The van der Waals surface area contributed by atoms with Crippen LogP contribution in [0.25, 0.3) is 0 Å². The minimum absolute atomic E-state index is 0.536. The molecule has 1 aliphatic heterocycles. The molecule has 1 aromatic heterocycles. The van der Waals surface area contributed by atoms with E-state index in [0.29, 0.717) is 12.4 Å². The lowest BCUT2D eigenvalue weighted by molar-refractivity contribution is 0.342. The van der Waals surface area contributed by atoms with Crippen molar-refractivity contribution in [1.82, 2.24) is 4.37 Å². The van der Waals surface area contributed by atoms with Gasteiger partial charge in [-0.15, -0.1) is 0 Å². The first-order valence-corrected chi connectivity index (χ1v) is 7.23. The summed E-state index contributed by atoms with van der Waals surface area (Å²) >= 11 is 1.46. The molecule has 17 heavy (non-hydrogen) atoms. The highest BCUT2D eigenvalue weighted by Gasteiger charge is 2.19. The summed E-state index contributed by atoms with van der Waals surface area (Å²) in [5, 5.41) is 1.12. The zero-order chi connectivity index (χ0) is 12.1. The van der Waals surface area contributed by atoms with Gasteiger partial charge in [0.25, 0.3) is 0 Å². The topological polar surface area (TPSA) is 51.4 Å². The summed E-state index contributed by atoms with van der Waals surface area (Å²) in [7, 11) is 0. The lowest BCUT2D eigenvalue weighted by Gasteiger charge is -2.25. The summed E-state index contributed by atoms with van der Waals surface area (Å²) in [4.78, 5) is 2.39. The molecule has 0 bridgehead atoms. The van der Waals surface area contributed by atoms with Crippen LogP contribution in [0.5, 0.6) is 5.75 Å². The molecule has 1 aromatic rings. The van der Waals surface area contributed by atoms with E-state index in [9.17, 15) is 0 Å². The van der Waals surface area contributed by atoms with E-state index in [2.05, 4.69) is 9.27 Å². The van der Waals surface area contributed by atoms with Gasteiger partial charge in [0.2, 0.25) is 0 Å². The van der Waals surface area contributed by atoms with Gasteiger partial charge in [0, 0.05) is 13.1 Å². The molecule has 5 heteroatoms. The van der Waals surface area contributed by atoms with Crippen molar-refractivity contribution in [3.05, 3.63) is 0 Å². The molecule has 1 saturated heterocycles. The Morgan fingerprint density at radius 3 is 2.53 bits per heavy atom. The highest BCUT2D eigenvalue weighted by atomic mass is 32.1. The van der Waals surface area contributed by atoms with Crippen LogP contribution in [0.15, 0.2) is 0 Å². The van der Waals surface area contributed by atoms with E-state index >= 15 is 0 Å². The molecule has 0 atom stereocenters. The van der Waals surface area contributed by atoms with Gasteiger partial charge in [-0.25, -0.2) is 0 Å². The Labute approximate surface area is 107 Å². The standard InChI is InChI=1S/C12H21N3OS/c1-2-16-10-11(13)14-17-12(10)15-8-6-4-3-5-7-9-15/h2-9H2,1H3,(H2,13,14). The number of anilines is 2. The minimum atomic E-state index is 0.536. The lowest BCUT2D eigenvalue weighted by atomic mass is 10.1. The third-order valence-corrected chi connectivity index (χ3v) is 3.99. The average Bonchev–Trinajstić information content (AvgIpc) is 2.62. The summed E-state index contributed by atoms with van der Waals surface area (Å²) in [6.45, 7) is 4.82. The molecule has 1 fully saturated rings. The monoisotopic (exact) mass is 255 g/mol. The predicted octanol–water partition coefficient (Wildman–Crippen LogP) is 2.89. The number of hydrogen-bond donors (Lipinski definition) is 1. The van der Waals surface area contributed by atoms with E-state index in [4.69, 9.17) is 10.5 Å². The Balaban J connectivity index is 2.13. The molecule has 0 aromatic carbocycles. The highest BCUT2D eigenvalue weighted by molar-refractivity contribution is 7.11. The van der Waals surface area contributed by atoms with E-state index < -0.39 is 0 Å². The summed E-state index contributed by atoms with van der Waals surface area (Å²) < 4.78 is 9.83. The third kappa shape index (κ3) is 3.03.